The van der Waals surface area contributed by atoms with Gasteiger partial charge in [-0.15, -0.1) is 6.58 Å². The quantitative estimate of drug-likeness (QED) is 0.152. The van der Waals surface area contributed by atoms with Gasteiger partial charge in [-0.05, 0) is 37.1 Å². The second-order valence-corrected chi connectivity index (χ2v) is 9.61. The molecule has 1 heterocycles. The molecular weight excluding hydrogens is 508 g/mol. The highest BCUT2D eigenvalue weighted by Gasteiger charge is 2.42. The monoisotopic (exact) mass is 542 g/mol. The molecule has 1 saturated heterocycles. The van der Waals surface area contributed by atoms with Gasteiger partial charge in [0.25, 0.3) is 0 Å². The lowest BCUT2D eigenvalue weighted by Crippen LogP contribution is -2.35. The summed E-state index contributed by atoms with van der Waals surface area (Å²) in [7, 11) is 0. The Bertz CT molecular complexity index is 1100. The Labute approximate surface area is 225 Å². The number of benzene rings is 2. The Morgan fingerprint density at radius 3 is 2.29 bits per heavy atom. The lowest BCUT2D eigenvalue weighted by molar-refractivity contribution is -0.0591. The maximum absolute atomic E-state index is 12.9. The minimum absolute atomic E-state index is 0.139. The fourth-order valence-electron chi connectivity index (χ4n) is 4.13. The molecule has 0 saturated carbocycles. The first-order valence-corrected chi connectivity index (χ1v) is 13.8. The van der Waals surface area contributed by atoms with Crippen molar-refractivity contribution in [2.75, 3.05) is 13.2 Å². The SMILES string of the molecule is C=CC[C@@H]1O[C@H](C[C@@H](COC(=O)c2ccccc2)OC(=O)c2ccccc2)[C@H](OCCCC)C1=CS(=O)O. The molecule has 2 aromatic carbocycles. The van der Waals surface area contributed by atoms with E-state index in [9.17, 15) is 18.4 Å². The maximum Gasteiger partial charge on any atom is 0.338 e. The molecule has 9 heteroatoms. The average Bonchev–Trinajstić information content (AvgIpc) is 3.23. The molecule has 0 amide bonds. The van der Waals surface area contributed by atoms with E-state index in [0.717, 1.165) is 12.8 Å². The summed E-state index contributed by atoms with van der Waals surface area (Å²) >= 11 is -2.21. The van der Waals surface area contributed by atoms with E-state index < -0.39 is 47.4 Å². The van der Waals surface area contributed by atoms with Crippen molar-refractivity contribution in [3.63, 3.8) is 0 Å². The highest BCUT2D eigenvalue weighted by atomic mass is 32.2. The van der Waals surface area contributed by atoms with Crippen LogP contribution in [0, 0.1) is 0 Å². The summed E-state index contributed by atoms with van der Waals surface area (Å²) < 4.78 is 44.9. The van der Waals surface area contributed by atoms with E-state index in [0.29, 0.717) is 29.7 Å². The van der Waals surface area contributed by atoms with E-state index >= 15 is 0 Å². The predicted molar refractivity (Wildman–Crippen MR) is 144 cm³/mol. The van der Waals surface area contributed by atoms with Crippen LogP contribution in [0.3, 0.4) is 0 Å². The number of hydrogen-bond donors (Lipinski definition) is 1. The largest absolute Gasteiger partial charge is 0.458 e. The smallest absolute Gasteiger partial charge is 0.338 e. The van der Waals surface area contributed by atoms with Crippen LogP contribution < -0.4 is 0 Å². The number of carbonyl (C=O) groups is 2. The van der Waals surface area contributed by atoms with E-state index in [1.807, 2.05) is 6.92 Å². The highest BCUT2D eigenvalue weighted by Crippen LogP contribution is 2.34. The molecule has 1 unspecified atom stereocenters. The molecule has 3 rings (SSSR count). The standard InChI is InChI=1S/C29H34O8S/c1-3-5-17-34-27-24(20-38(32)33)25(12-4-2)37-26(27)18-23(36-29(31)22-15-10-7-11-16-22)19-35-28(30)21-13-8-6-9-14-21/h4,6-11,13-16,20,23,25-27H,2-3,5,12,17-19H2,1H3,(H,32,33)/t23-,25-,26+,27+/m0/s1. The molecule has 1 aliphatic heterocycles. The van der Waals surface area contributed by atoms with Gasteiger partial charge in [-0.3, -0.25) is 0 Å². The van der Waals surface area contributed by atoms with E-state index in [1.54, 1.807) is 66.7 Å². The molecule has 8 nitrogen and oxygen atoms in total. The van der Waals surface area contributed by atoms with Crippen LogP contribution in [0.2, 0.25) is 0 Å². The minimum atomic E-state index is -2.21. The summed E-state index contributed by atoms with van der Waals surface area (Å²) in [5.41, 5.74) is 1.28. The van der Waals surface area contributed by atoms with Gasteiger partial charge >= 0.3 is 11.9 Å². The Hall–Kier alpha value is -3.11. The molecule has 0 radical (unpaired) electrons. The van der Waals surface area contributed by atoms with Crippen LogP contribution in [0.5, 0.6) is 0 Å². The number of unbranched alkanes of at least 4 members (excludes halogenated alkanes) is 1. The zero-order valence-corrected chi connectivity index (χ0v) is 22.2. The zero-order chi connectivity index (χ0) is 27.3. The Balaban J connectivity index is 1.82. The van der Waals surface area contributed by atoms with Crippen molar-refractivity contribution in [3.8, 4) is 0 Å². The fourth-order valence-corrected chi connectivity index (χ4v) is 4.65. The molecule has 38 heavy (non-hydrogen) atoms. The summed E-state index contributed by atoms with van der Waals surface area (Å²) in [5, 5.41) is 1.23. The molecule has 0 aliphatic carbocycles. The van der Waals surface area contributed by atoms with Crippen LogP contribution in [0.4, 0.5) is 0 Å². The Morgan fingerprint density at radius 1 is 1.08 bits per heavy atom. The maximum atomic E-state index is 12.9. The van der Waals surface area contributed by atoms with Crippen LogP contribution in [0.15, 0.2) is 84.3 Å². The Morgan fingerprint density at radius 2 is 1.71 bits per heavy atom. The van der Waals surface area contributed by atoms with Gasteiger partial charge in [0.2, 0.25) is 0 Å². The molecule has 0 spiro atoms. The lowest BCUT2D eigenvalue weighted by Gasteiger charge is -2.25. The van der Waals surface area contributed by atoms with E-state index in [1.165, 1.54) is 5.41 Å². The molecule has 0 bridgehead atoms. The number of ether oxygens (including phenoxy) is 4. The molecule has 1 aliphatic rings. The first-order chi connectivity index (χ1) is 18.4. The fraction of sp³-hybridized carbons (Fsp3) is 0.379. The third-order valence-corrected chi connectivity index (χ3v) is 6.45. The molecule has 2 aromatic rings. The second kappa shape index (κ2) is 15.3. The van der Waals surface area contributed by atoms with Crippen molar-refractivity contribution in [1.29, 1.82) is 0 Å². The van der Waals surface area contributed by atoms with Crippen LogP contribution in [0.25, 0.3) is 0 Å². The first-order valence-electron chi connectivity index (χ1n) is 12.6. The van der Waals surface area contributed by atoms with Crippen LogP contribution in [-0.2, 0) is 30.0 Å². The summed E-state index contributed by atoms with van der Waals surface area (Å²) in [6.07, 6.45) is 1.29. The van der Waals surface area contributed by atoms with Crippen molar-refractivity contribution < 1.29 is 37.3 Å². The zero-order valence-electron chi connectivity index (χ0n) is 21.4. The van der Waals surface area contributed by atoms with Gasteiger partial charge in [0.05, 0.1) is 23.3 Å². The average molecular weight is 543 g/mol. The lowest BCUT2D eigenvalue weighted by atomic mass is 10.00. The number of hydrogen-bond acceptors (Lipinski definition) is 7. The molecule has 0 aromatic heterocycles. The highest BCUT2D eigenvalue weighted by molar-refractivity contribution is 7.82. The summed E-state index contributed by atoms with van der Waals surface area (Å²) in [4.78, 5) is 25.5. The van der Waals surface area contributed by atoms with Crippen LogP contribution in [0.1, 0.15) is 53.3 Å². The molecule has 5 atom stereocenters. The predicted octanol–water partition coefficient (Wildman–Crippen LogP) is 5.09. The summed E-state index contributed by atoms with van der Waals surface area (Å²) in [5.74, 6) is -1.11. The van der Waals surface area contributed by atoms with Crippen LogP contribution >= 0.6 is 0 Å². The molecule has 1 fully saturated rings. The van der Waals surface area contributed by atoms with Gasteiger partial charge in [-0.2, -0.15) is 0 Å². The van der Waals surface area contributed by atoms with Gasteiger partial charge in [-0.1, -0.05) is 55.8 Å². The van der Waals surface area contributed by atoms with Crippen molar-refractivity contribution >= 4 is 23.0 Å². The van der Waals surface area contributed by atoms with Crippen molar-refractivity contribution in [3.05, 3.63) is 95.4 Å². The minimum Gasteiger partial charge on any atom is -0.458 e. The van der Waals surface area contributed by atoms with E-state index in [4.69, 9.17) is 18.9 Å². The van der Waals surface area contributed by atoms with Gasteiger partial charge in [0, 0.05) is 24.0 Å². The van der Waals surface area contributed by atoms with Gasteiger partial charge in [0.1, 0.15) is 18.8 Å². The van der Waals surface area contributed by atoms with Crippen molar-refractivity contribution in [2.24, 2.45) is 0 Å². The third kappa shape index (κ3) is 8.73. The molecule has 1 N–H and O–H groups in total. The van der Waals surface area contributed by atoms with E-state index in [2.05, 4.69) is 6.58 Å². The van der Waals surface area contributed by atoms with E-state index in [-0.39, 0.29) is 13.0 Å². The van der Waals surface area contributed by atoms with Crippen molar-refractivity contribution in [1.82, 2.24) is 0 Å². The normalized spacial score (nSPS) is 21.5. The second-order valence-electron chi connectivity index (χ2n) is 8.82. The Kier molecular flexibility index (Phi) is 11.9. The number of esters is 2. The van der Waals surface area contributed by atoms with Gasteiger partial charge in [-0.25, -0.2) is 13.8 Å². The van der Waals surface area contributed by atoms with Gasteiger partial charge < -0.3 is 23.5 Å². The molecule has 204 valence electrons. The van der Waals surface area contributed by atoms with Crippen LogP contribution in [-0.4, -0.2) is 58.3 Å². The third-order valence-electron chi connectivity index (χ3n) is 5.98. The topological polar surface area (TPSA) is 108 Å². The number of carbonyl (C=O) groups excluding carboxylic acids is 2. The summed E-state index contributed by atoms with van der Waals surface area (Å²) in [6, 6.07) is 17.0. The number of rotatable bonds is 14. The van der Waals surface area contributed by atoms with Crippen molar-refractivity contribution in [2.45, 2.75) is 57.0 Å². The first kappa shape index (κ1) is 29.4. The van der Waals surface area contributed by atoms with Gasteiger partial charge in [0.15, 0.2) is 11.1 Å². The molecular formula is C29H34O8S. The summed E-state index contributed by atoms with van der Waals surface area (Å²) in [6.45, 7) is 6.02.